The lowest BCUT2D eigenvalue weighted by Gasteiger charge is -2.16. The number of nitrogens with zero attached hydrogens (tertiary/aromatic N) is 1. The molecule has 3 rings (SSSR count). The van der Waals surface area contributed by atoms with Gasteiger partial charge >= 0.3 is 0 Å². The molecule has 0 aliphatic carbocycles. The van der Waals surface area contributed by atoms with E-state index in [2.05, 4.69) is 22.5 Å². The monoisotopic (exact) mass is 361 g/mol. The standard InChI is InChI=1S/C18H23N3O3S/c1-4-14-12(7-8-19-14)17(22)21-18-20-15(10-25-18)13-9-11(23-2)5-6-16(13)24-3/h5-6,9-10,12,14,19H,4,7-8H2,1-3H3,(H,20,21,22). The SMILES string of the molecule is CCC1NCCC1C(=O)Nc1nc(-c2cc(OC)ccc2OC)cs1. The molecule has 2 unspecified atom stereocenters. The molecule has 25 heavy (non-hydrogen) atoms. The van der Waals surface area contributed by atoms with Crippen LogP contribution in [0.4, 0.5) is 5.13 Å². The van der Waals surface area contributed by atoms with Crippen molar-refractivity contribution in [2.45, 2.75) is 25.8 Å². The summed E-state index contributed by atoms with van der Waals surface area (Å²) in [6.07, 6.45) is 1.81. The average Bonchev–Trinajstić information content (AvgIpc) is 3.30. The first kappa shape index (κ1) is 17.7. The third-order valence-corrected chi connectivity index (χ3v) is 5.30. The highest BCUT2D eigenvalue weighted by Crippen LogP contribution is 2.35. The normalized spacial score (nSPS) is 19.6. The van der Waals surface area contributed by atoms with E-state index in [4.69, 9.17) is 9.47 Å². The predicted octanol–water partition coefficient (Wildman–Crippen LogP) is 3.15. The molecule has 2 atom stereocenters. The number of rotatable bonds is 6. The van der Waals surface area contributed by atoms with Crippen LogP contribution >= 0.6 is 11.3 Å². The number of thiazole rings is 1. The largest absolute Gasteiger partial charge is 0.497 e. The number of carbonyl (C=O) groups is 1. The van der Waals surface area contributed by atoms with Crippen LogP contribution < -0.4 is 20.1 Å². The molecule has 1 aliphatic heterocycles. The lowest BCUT2D eigenvalue weighted by molar-refractivity contribution is -0.120. The number of benzene rings is 1. The Kier molecular flexibility index (Phi) is 5.55. The van der Waals surface area contributed by atoms with E-state index >= 15 is 0 Å². The van der Waals surface area contributed by atoms with Crippen LogP contribution in [0.3, 0.4) is 0 Å². The van der Waals surface area contributed by atoms with Gasteiger partial charge in [-0.1, -0.05) is 6.92 Å². The quantitative estimate of drug-likeness (QED) is 0.827. The van der Waals surface area contributed by atoms with Crippen LogP contribution in [-0.2, 0) is 4.79 Å². The lowest BCUT2D eigenvalue weighted by atomic mass is 9.98. The predicted molar refractivity (Wildman–Crippen MR) is 99.5 cm³/mol. The minimum atomic E-state index is 0.00343. The molecular weight excluding hydrogens is 338 g/mol. The molecule has 1 amide bonds. The summed E-state index contributed by atoms with van der Waals surface area (Å²) in [6.45, 7) is 2.99. The first-order valence-electron chi connectivity index (χ1n) is 8.38. The molecule has 1 saturated heterocycles. The second-order valence-corrected chi connectivity index (χ2v) is 6.82. The van der Waals surface area contributed by atoms with Crippen LogP contribution in [0.5, 0.6) is 11.5 Å². The Labute approximate surface area is 151 Å². The first-order valence-corrected chi connectivity index (χ1v) is 9.26. The fraction of sp³-hybridized carbons (Fsp3) is 0.444. The van der Waals surface area contributed by atoms with Gasteiger partial charge in [0.25, 0.3) is 0 Å². The number of methoxy groups -OCH3 is 2. The van der Waals surface area contributed by atoms with Gasteiger partial charge in [0.1, 0.15) is 11.5 Å². The lowest BCUT2D eigenvalue weighted by Crippen LogP contribution is -2.33. The number of aromatic nitrogens is 1. The van der Waals surface area contributed by atoms with Gasteiger partial charge in [-0.25, -0.2) is 4.98 Å². The van der Waals surface area contributed by atoms with Crippen molar-refractivity contribution in [3.8, 4) is 22.8 Å². The first-order chi connectivity index (χ1) is 12.2. The van der Waals surface area contributed by atoms with E-state index in [1.54, 1.807) is 14.2 Å². The van der Waals surface area contributed by atoms with Crippen LogP contribution in [0, 0.1) is 5.92 Å². The number of nitrogens with one attached hydrogen (secondary N) is 2. The molecule has 0 radical (unpaired) electrons. The van der Waals surface area contributed by atoms with Crippen molar-refractivity contribution in [1.29, 1.82) is 0 Å². The third-order valence-electron chi connectivity index (χ3n) is 4.54. The second-order valence-electron chi connectivity index (χ2n) is 5.96. The Morgan fingerprint density at radius 1 is 1.40 bits per heavy atom. The van der Waals surface area contributed by atoms with E-state index in [1.165, 1.54) is 11.3 Å². The number of carbonyl (C=O) groups excluding carboxylic acids is 1. The van der Waals surface area contributed by atoms with Crippen molar-refractivity contribution in [1.82, 2.24) is 10.3 Å². The van der Waals surface area contributed by atoms with Gasteiger partial charge in [-0.05, 0) is 37.6 Å². The van der Waals surface area contributed by atoms with Gasteiger partial charge in [0.15, 0.2) is 5.13 Å². The van der Waals surface area contributed by atoms with Gasteiger partial charge < -0.3 is 20.1 Å². The minimum absolute atomic E-state index is 0.00343. The Morgan fingerprint density at radius 2 is 2.24 bits per heavy atom. The maximum absolute atomic E-state index is 12.5. The Morgan fingerprint density at radius 3 is 2.96 bits per heavy atom. The van der Waals surface area contributed by atoms with Crippen molar-refractivity contribution in [2.24, 2.45) is 5.92 Å². The Balaban J connectivity index is 1.78. The van der Waals surface area contributed by atoms with Crippen LogP contribution in [0.2, 0.25) is 0 Å². The molecule has 2 aromatic rings. The molecule has 0 bridgehead atoms. The Bertz CT molecular complexity index is 747. The maximum Gasteiger partial charge on any atom is 0.230 e. The van der Waals surface area contributed by atoms with E-state index in [-0.39, 0.29) is 17.9 Å². The summed E-state index contributed by atoms with van der Waals surface area (Å²) in [5, 5.41) is 8.85. The summed E-state index contributed by atoms with van der Waals surface area (Å²) < 4.78 is 10.7. The summed E-state index contributed by atoms with van der Waals surface area (Å²) in [6, 6.07) is 5.82. The fourth-order valence-corrected chi connectivity index (χ4v) is 3.89. The van der Waals surface area contributed by atoms with Crippen LogP contribution in [0.1, 0.15) is 19.8 Å². The highest BCUT2D eigenvalue weighted by atomic mass is 32.1. The van der Waals surface area contributed by atoms with Gasteiger partial charge in [0.2, 0.25) is 5.91 Å². The van der Waals surface area contributed by atoms with E-state index in [1.807, 2.05) is 23.6 Å². The van der Waals surface area contributed by atoms with Crippen molar-refractivity contribution >= 4 is 22.4 Å². The Hall–Kier alpha value is -2.12. The van der Waals surface area contributed by atoms with Crippen molar-refractivity contribution in [3.63, 3.8) is 0 Å². The molecule has 6 nitrogen and oxygen atoms in total. The summed E-state index contributed by atoms with van der Waals surface area (Å²) in [5.41, 5.74) is 1.60. The molecule has 1 aromatic heterocycles. The van der Waals surface area contributed by atoms with Gasteiger partial charge in [0, 0.05) is 17.0 Å². The van der Waals surface area contributed by atoms with Gasteiger partial charge in [-0.3, -0.25) is 4.79 Å². The van der Waals surface area contributed by atoms with Crippen molar-refractivity contribution in [3.05, 3.63) is 23.6 Å². The number of hydrogen-bond acceptors (Lipinski definition) is 6. The molecule has 1 aromatic carbocycles. The molecule has 0 spiro atoms. The topological polar surface area (TPSA) is 72.5 Å². The average molecular weight is 361 g/mol. The summed E-state index contributed by atoms with van der Waals surface area (Å²) >= 11 is 1.41. The van der Waals surface area contributed by atoms with E-state index < -0.39 is 0 Å². The van der Waals surface area contributed by atoms with Crippen molar-refractivity contribution in [2.75, 3.05) is 26.1 Å². The molecule has 0 saturated carbocycles. The molecule has 2 N–H and O–H groups in total. The van der Waals surface area contributed by atoms with Gasteiger partial charge in [0.05, 0.1) is 25.8 Å². The molecule has 7 heteroatoms. The van der Waals surface area contributed by atoms with Crippen LogP contribution in [0.15, 0.2) is 23.6 Å². The zero-order valence-electron chi connectivity index (χ0n) is 14.7. The van der Waals surface area contributed by atoms with Gasteiger partial charge in [-0.2, -0.15) is 0 Å². The van der Waals surface area contributed by atoms with E-state index in [9.17, 15) is 4.79 Å². The third kappa shape index (κ3) is 3.77. The number of ether oxygens (including phenoxy) is 2. The van der Waals surface area contributed by atoms with Crippen LogP contribution in [0.25, 0.3) is 11.3 Å². The van der Waals surface area contributed by atoms with E-state index in [0.29, 0.717) is 5.13 Å². The molecule has 1 aliphatic rings. The zero-order chi connectivity index (χ0) is 17.8. The summed E-state index contributed by atoms with van der Waals surface area (Å²) in [4.78, 5) is 17.1. The number of amides is 1. The number of anilines is 1. The smallest absolute Gasteiger partial charge is 0.230 e. The zero-order valence-corrected chi connectivity index (χ0v) is 15.5. The molecule has 134 valence electrons. The molecular formula is C18H23N3O3S. The summed E-state index contributed by atoms with van der Waals surface area (Å²) in [5.74, 6) is 1.49. The van der Waals surface area contributed by atoms with Crippen LogP contribution in [-0.4, -0.2) is 37.7 Å². The summed E-state index contributed by atoms with van der Waals surface area (Å²) in [7, 11) is 3.25. The minimum Gasteiger partial charge on any atom is -0.497 e. The highest BCUT2D eigenvalue weighted by molar-refractivity contribution is 7.14. The molecule has 1 fully saturated rings. The van der Waals surface area contributed by atoms with E-state index in [0.717, 1.165) is 42.1 Å². The molecule has 2 heterocycles. The fourth-order valence-electron chi connectivity index (χ4n) is 3.18. The number of hydrogen-bond donors (Lipinski definition) is 2. The van der Waals surface area contributed by atoms with Gasteiger partial charge in [-0.15, -0.1) is 11.3 Å². The van der Waals surface area contributed by atoms with Crippen molar-refractivity contribution < 1.29 is 14.3 Å². The maximum atomic E-state index is 12.5. The highest BCUT2D eigenvalue weighted by Gasteiger charge is 2.31. The second kappa shape index (κ2) is 7.84.